The lowest BCUT2D eigenvalue weighted by atomic mass is 10.1. The van der Waals surface area contributed by atoms with Crippen molar-refractivity contribution in [3.05, 3.63) is 40.5 Å². The summed E-state index contributed by atoms with van der Waals surface area (Å²) < 4.78 is 9.99. The minimum atomic E-state index is -1.26. The van der Waals surface area contributed by atoms with Crippen molar-refractivity contribution in [3.63, 3.8) is 0 Å². The molecule has 7 heteroatoms. The fraction of sp³-hybridized carbons (Fsp3) is 0.182. The molecule has 1 rings (SSSR count). The molecule has 0 fully saturated rings. The monoisotopic (exact) mass is 253 g/mol. The molecule has 0 heterocycles. The highest BCUT2D eigenvalue weighted by atomic mass is 16.6. The Kier molecular flexibility index (Phi) is 4.25. The summed E-state index contributed by atoms with van der Waals surface area (Å²) in [6.45, 7) is 3.43. The van der Waals surface area contributed by atoms with E-state index in [1.807, 2.05) is 0 Å². The third-order valence-electron chi connectivity index (χ3n) is 2.07. The third-order valence-corrected chi connectivity index (χ3v) is 2.07. The second-order valence-electron chi connectivity index (χ2n) is 3.16. The summed E-state index contributed by atoms with van der Waals surface area (Å²) in [6.07, 6.45) is 1.39. The molecule has 0 saturated heterocycles. The average Bonchev–Trinajstić information content (AvgIpc) is 2.34. The van der Waals surface area contributed by atoms with Crippen molar-refractivity contribution < 1.29 is 24.3 Å². The molecule has 0 aromatic heterocycles. The third kappa shape index (κ3) is 2.57. The van der Waals surface area contributed by atoms with Gasteiger partial charge in [0.15, 0.2) is 5.75 Å². The van der Waals surface area contributed by atoms with Crippen LogP contribution in [-0.2, 0) is 0 Å². The highest BCUT2D eigenvalue weighted by Crippen LogP contribution is 2.39. The van der Waals surface area contributed by atoms with Gasteiger partial charge in [0.2, 0.25) is 5.75 Å². The van der Waals surface area contributed by atoms with E-state index >= 15 is 0 Å². The van der Waals surface area contributed by atoms with E-state index in [1.165, 1.54) is 13.2 Å². The molecule has 0 spiro atoms. The summed E-state index contributed by atoms with van der Waals surface area (Å²) in [4.78, 5) is 21.1. The molecule has 1 N–H and O–H groups in total. The zero-order chi connectivity index (χ0) is 13.7. The first-order valence-electron chi connectivity index (χ1n) is 4.85. The summed E-state index contributed by atoms with van der Waals surface area (Å²) in [7, 11) is 1.20. The maximum atomic E-state index is 11.0. The Labute approximate surface area is 102 Å². The van der Waals surface area contributed by atoms with Gasteiger partial charge in [0.1, 0.15) is 12.2 Å². The van der Waals surface area contributed by atoms with Gasteiger partial charge in [-0.1, -0.05) is 12.7 Å². The normalized spacial score (nSPS) is 9.61. The van der Waals surface area contributed by atoms with E-state index < -0.39 is 10.9 Å². The van der Waals surface area contributed by atoms with E-state index in [4.69, 9.17) is 14.6 Å². The van der Waals surface area contributed by atoms with Gasteiger partial charge >= 0.3 is 11.7 Å². The highest BCUT2D eigenvalue weighted by Gasteiger charge is 2.25. The number of rotatable bonds is 6. The van der Waals surface area contributed by atoms with E-state index in [9.17, 15) is 14.9 Å². The number of carboxylic acid groups (broad SMARTS) is 1. The number of carboxylic acids is 1. The lowest BCUT2D eigenvalue weighted by Gasteiger charge is -2.11. The zero-order valence-corrected chi connectivity index (χ0v) is 9.58. The number of nitrogens with zero attached hydrogens (tertiary/aromatic N) is 1. The number of nitro groups is 1. The molecule has 18 heavy (non-hydrogen) atoms. The average molecular weight is 253 g/mol. The topological polar surface area (TPSA) is 98.9 Å². The summed E-state index contributed by atoms with van der Waals surface area (Å²) in [6, 6.07) is 2.16. The van der Waals surface area contributed by atoms with Crippen LogP contribution in [0.2, 0.25) is 0 Å². The molecule has 7 nitrogen and oxygen atoms in total. The van der Waals surface area contributed by atoms with Gasteiger partial charge in [-0.15, -0.1) is 0 Å². The van der Waals surface area contributed by atoms with E-state index in [2.05, 4.69) is 6.58 Å². The molecular formula is C11H11NO6. The summed E-state index contributed by atoms with van der Waals surface area (Å²) >= 11 is 0. The largest absolute Gasteiger partial charge is 0.488 e. The van der Waals surface area contributed by atoms with Crippen LogP contribution >= 0.6 is 0 Å². The smallest absolute Gasteiger partial charge is 0.339 e. The number of hydrogen-bond acceptors (Lipinski definition) is 5. The van der Waals surface area contributed by atoms with Crippen LogP contribution in [0, 0.1) is 10.1 Å². The van der Waals surface area contributed by atoms with E-state index in [0.29, 0.717) is 0 Å². The lowest BCUT2D eigenvalue weighted by molar-refractivity contribution is -0.385. The Morgan fingerprint density at radius 3 is 2.67 bits per heavy atom. The van der Waals surface area contributed by atoms with Gasteiger partial charge in [-0.05, 0) is 6.07 Å². The number of methoxy groups -OCH3 is 1. The highest BCUT2D eigenvalue weighted by molar-refractivity contribution is 5.93. The molecule has 1 aromatic carbocycles. The molecule has 0 aliphatic rings. The Hall–Kier alpha value is -2.57. The maximum absolute atomic E-state index is 11.0. The Balaban J connectivity index is 3.44. The SMILES string of the molecule is C=CCOc1c(C(=O)O)ccc([N+](=O)[O-])c1OC. The van der Waals surface area contributed by atoms with Crippen LogP contribution in [0.15, 0.2) is 24.8 Å². The van der Waals surface area contributed by atoms with Gasteiger partial charge < -0.3 is 14.6 Å². The number of ether oxygens (including phenoxy) is 2. The van der Waals surface area contributed by atoms with Crippen LogP contribution in [0.5, 0.6) is 11.5 Å². The zero-order valence-electron chi connectivity index (χ0n) is 9.58. The standard InChI is InChI=1S/C11H11NO6/c1-3-6-18-9-7(11(13)14)4-5-8(12(15)16)10(9)17-2/h3-5H,1,6H2,2H3,(H,13,14). The summed E-state index contributed by atoms with van der Waals surface area (Å²) in [5, 5.41) is 19.8. The molecule has 0 radical (unpaired) electrons. The minimum Gasteiger partial charge on any atom is -0.488 e. The Bertz CT molecular complexity index is 497. The molecular weight excluding hydrogens is 242 g/mol. The van der Waals surface area contributed by atoms with Crippen LogP contribution in [0.25, 0.3) is 0 Å². The first-order valence-corrected chi connectivity index (χ1v) is 4.85. The van der Waals surface area contributed by atoms with Crippen molar-refractivity contribution in [2.24, 2.45) is 0 Å². The first-order chi connectivity index (χ1) is 8.52. The van der Waals surface area contributed by atoms with Crippen molar-refractivity contribution in [1.29, 1.82) is 0 Å². The number of hydrogen-bond donors (Lipinski definition) is 1. The maximum Gasteiger partial charge on any atom is 0.339 e. The molecule has 0 amide bonds. The van der Waals surface area contributed by atoms with E-state index in [0.717, 1.165) is 12.1 Å². The summed E-state index contributed by atoms with van der Waals surface area (Å²) in [5.74, 6) is -1.66. The van der Waals surface area contributed by atoms with Gasteiger partial charge in [0.05, 0.1) is 12.0 Å². The van der Waals surface area contributed by atoms with Gasteiger partial charge in [0.25, 0.3) is 0 Å². The molecule has 0 saturated carbocycles. The second-order valence-corrected chi connectivity index (χ2v) is 3.16. The van der Waals surface area contributed by atoms with Crippen LogP contribution in [-0.4, -0.2) is 29.7 Å². The molecule has 0 aliphatic carbocycles. The van der Waals surface area contributed by atoms with Crippen molar-refractivity contribution in [3.8, 4) is 11.5 Å². The quantitative estimate of drug-likeness (QED) is 0.472. The van der Waals surface area contributed by atoms with Crippen molar-refractivity contribution in [2.45, 2.75) is 0 Å². The van der Waals surface area contributed by atoms with E-state index in [-0.39, 0.29) is 29.4 Å². The molecule has 0 atom stereocenters. The number of carbonyl (C=O) groups is 1. The van der Waals surface area contributed by atoms with Crippen LogP contribution in [0.3, 0.4) is 0 Å². The second kappa shape index (κ2) is 5.67. The van der Waals surface area contributed by atoms with Crippen molar-refractivity contribution in [1.82, 2.24) is 0 Å². The molecule has 96 valence electrons. The predicted molar refractivity (Wildman–Crippen MR) is 62.3 cm³/mol. The van der Waals surface area contributed by atoms with Crippen molar-refractivity contribution >= 4 is 11.7 Å². The molecule has 0 aliphatic heterocycles. The van der Waals surface area contributed by atoms with Gasteiger partial charge in [-0.3, -0.25) is 10.1 Å². The molecule has 0 unspecified atom stereocenters. The van der Waals surface area contributed by atoms with Crippen LogP contribution < -0.4 is 9.47 Å². The molecule has 1 aromatic rings. The molecule has 0 bridgehead atoms. The van der Waals surface area contributed by atoms with Gasteiger partial charge in [-0.25, -0.2) is 4.79 Å². The Morgan fingerprint density at radius 1 is 1.56 bits per heavy atom. The summed E-state index contributed by atoms with van der Waals surface area (Å²) in [5.41, 5.74) is -0.569. The van der Waals surface area contributed by atoms with Crippen LogP contribution in [0.4, 0.5) is 5.69 Å². The van der Waals surface area contributed by atoms with Gasteiger partial charge in [-0.2, -0.15) is 0 Å². The fourth-order valence-corrected chi connectivity index (χ4v) is 1.35. The minimum absolute atomic E-state index is 0.0117. The van der Waals surface area contributed by atoms with Crippen LogP contribution in [0.1, 0.15) is 10.4 Å². The Morgan fingerprint density at radius 2 is 2.22 bits per heavy atom. The number of benzene rings is 1. The lowest BCUT2D eigenvalue weighted by Crippen LogP contribution is -2.06. The first kappa shape index (κ1) is 13.5. The fourth-order valence-electron chi connectivity index (χ4n) is 1.35. The number of aromatic carboxylic acids is 1. The van der Waals surface area contributed by atoms with Crippen molar-refractivity contribution in [2.75, 3.05) is 13.7 Å². The predicted octanol–water partition coefficient (Wildman–Crippen LogP) is 1.87. The number of nitro benzene ring substituents is 1. The van der Waals surface area contributed by atoms with Gasteiger partial charge in [0, 0.05) is 6.07 Å². The van der Waals surface area contributed by atoms with E-state index in [1.54, 1.807) is 0 Å².